The molecule has 6 nitrogen and oxygen atoms in total. The molecule has 1 unspecified atom stereocenters. The van der Waals surface area contributed by atoms with Crippen molar-refractivity contribution in [1.82, 2.24) is 14.9 Å². The summed E-state index contributed by atoms with van der Waals surface area (Å²) in [6.07, 6.45) is -0.504. The number of aliphatic hydroxyl groups is 1. The molecule has 0 aliphatic carbocycles. The summed E-state index contributed by atoms with van der Waals surface area (Å²) in [6.45, 7) is -0.00111. The maximum absolute atomic E-state index is 13.5. The number of aromatic nitrogens is 2. The zero-order valence-electron chi connectivity index (χ0n) is 17.9. The van der Waals surface area contributed by atoms with E-state index in [1.807, 2.05) is 30.3 Å². The van der Waals surface area contributed by atoms with E-state index in [1.54, 1.807) is 24.3 Å². The number of benzene rings is 2. The normalized spacial score (nSPS) is 13.6. The average molecular weight is 459 g/mol. The molecule has 3 rings (SSSR count). The first-order valence-electron chi connectivity index (χ1n) is 10.2. The number of carbonyl (C=O) groups excluding carboxylic acids is 1. The van der Waals surface area contributed by atoms with Gasteiger partial charge in [-0.2, -0.15) is 13.2 Å². The minimum atomic E-state index is -4.95. The van der Waals surface area contributed by atoms with Crippen molar-refractivity contribution in [3.63, 3.8) is 0 Å². The number of hydrogen-bond acceptors (Lipinski definition) is 4. The van der Waals surface area contributed by atoms with Gasteiger partial charge in [-0.3, -0.25) is 4.79 Å². The van der Waals surface area contributed by atoms with Crippen LogP contribution in [0.3, 0.4) is 0 Å². The number of hydrogen-bond donors (Lipinski definition) is 2. The molecule has 0 aliphatic rings. The predicted molar refractivity (Wildman–Crippen MR) is 117 cm³/mol. The molecule has 174 valence electrons. The first-order valence-corrected chi connectivity index (χ1v) is 10.2. The fraction of sp³-hybridized carbons (Fsp3) is 0.250. The standard InChI is InChI=1S/C24H24F3N3O3/c1-30-15-14-29-22(30)23(32,24(25,26)27)12-13-28-21(31)11-10-18-8-5-9-20(16-18)33-17-19-6-3-2-4-7-19/h2-11,14-16,32H,12-13,17H2,1H3,(H,28,31)/b11-10+. The van der Waals surface area contributed by atoms with Gasteiger partial charge < -0.3 is 19.7 Å². The van der Waals surface area contributed by atoms with Crippen LogP contribution in [0.15, 0.2) is 73.1 Å². The largest absolute Gasteiger partial charge is 0.489 e. The number of carbonyl (C=O) groups is 1. The van der Waals surface area contributed by atoms with Crippen LogP contribution in [0, 0.1) is 0 Å². The van der Waals surface area contributed by atoms with Gasteiger partial charge in [-0.05, 0) is 29.3 Å². The molecule has 2 N–H and O–H groups in total. The van der Waals surface area contributed by atoms with Crippen molar-refractivity contribution >= 4 is 12.0 Å². The van der Waals surface area contributed by atoms with E-state index in [2.05, 4.69) is 10.3 Å². The van der Waals surface area contributed by atoms with E-state index in [0.717, 1.165) is 10.1 Å². The molecular weight excluding hydrogens is 435 g/mol. The Bertz CT molecular complexity index is 1100. The molecule has 3 aromatic rings. The van der Waals surface area contributed by atoms with Gasteiger partial charge in [0.1, 0.15) is 18.2 Å². The molecule has 9 heteroatoms. The zero-order chi connectivity index (χ0) is 23.9. The Balaban J connectivity index is 1.55. The lowest BCUT2D eigenvalue weighted by molar-refractivity contribution is -0.272. The molecule has 0 fully saturated rings. The monoisotopic (exact) mass is 459 g/mol. The Kier molecular flexibility index (Phi) is 7.55. The van der Waals surface area contributed by atoms with Gasteiger partial charge in [0.25, 0.3) is 0 Å². The van der Waals surface area contributed by atoms with Gasteiger partial charge in [0.2, 0.25) is 11.5 Å². The van der Waals surface area contributed by atoms with E-state index in [1.165, 1.54) is 31.6 Å². The number of alkyl halides is 3. The molecule has 33 heavy (non-hydrogen) atoms. The van der Waals surface area contributed by atoms with Gasteiger partial charge >= 0.3 is 6.18 Å². The van der Waals surface area contributed by atoms with E-state index in [-0.39, 0.29) is 0 Å². The smallest absolute Gasteiger partial charge is 0.424 e. The van der Waals surface area contributed by atoms with Gasteiger partial charge in [-0.15, -0.1) is 0 Å². The Labute approximate surface area is 189 Å². The highest BCUT2D eigenvalue weighted by molar-refractivity contribution is 5.91. The van der Waals surface area contributed by atoms with E-state index in [4.69, 9.17) is 4.74 Å². The fourth-order valence-corrected chi connectivity index (χ4v) is 3.19. The van der Waals surface area contributed by atoms with Crippen molar-refractivity contribution in [2.24, 2.45) is 7.05 Å². The highest BCUT2D eigenvalue weighted by Gasteiger charge is 2.57. The number of rotatable bonds is 9. The summed E-state index contributed by atoms with van der Waals surface area (Å²) in [5.74, 6) is -0.506. The summed E-state index contributed by atoms with van der Waals surface area (Å²) in [7, 11) is 1.36. The molecule has 1 atom stereocenters. The zero-order valence-corrected chi connectivity index (χ0v) is 17.9. The van der Waals surface area contributed by atoms with Crippen LogP contribution in [0.2, 0.25) is 0 Å². The fourth-order valence-electron chi connectivity index (χ4n) is 3.19. The first kappa shape index (κ1) is 24.1. The Morgan fingerprint density at radius 2 is 1.94 bits per heavy atom. The van der Waals surface area contributed by atoms with Gasteiger partial charge in [-0.1, -0.05) is 42.5 Å². The van der Waals surface area contributed by atoms with Crippen LogP contribution in [-0.2, 0) is 24.1 Å². The van der Waals surface area contributed by atoms with Crippen LogP contribution in [0.1, 0.15) is 23.4 Å². The van der Waals surface area contributed by atoms with Crippen LogP contribution in [0.5, 0.6) is 5.75 Å². The molecule has 0 spiro atoms. The lowest BCUT2D eigenvalue weighted by Gasteiger charge is -2.29. The number of aryl methyl sites for hydroxylation is 1. The van der Waals surface area contributed by atoms with Crippen LogP contribution in [0.4, 0.5) is 13.2 Å². The van der Waals surface area contributed by atoms with Crippen molar-refractivity contribution < 1.29 is 27.8 Å². The van der Waals surface area contributed by atoms with Crippen LogP contribution >= 0.6 is 0 Å². The summed E-state index contributed by atoms with van der Waals surface area (Å²) in [4.78, 5) is 15.7. The third-order valence-corrected chi connectivity index (χ3v) is 4.98. The second kappa shape index (κ2) is 10.4. The molecule has 2 aromatic carbocycles. The van der Waals surface area contributed by atoms with E-state index in [9.17, 15) is 23.1 Å². The number of amides is 1. The van der Waals surface area contributed by atoms with Gasteiger partial charge in [-0.25, -0.2) is 4.98 Å². The second-order valence-electron chi connectivity index (χ2n) is 7.44. The summed E-state index contributed by atoms with van der Waals surface area (Å²) >= 11 is 0. The van der Waals surface area contributed by atoms with Crippen LogP contribution in [0.25, 0.3) is 6.08 Å². The van der Waals surface area contributed by atoms with Crippen molar-refractivity contribution in [3.05, 3.63) is 90.0 Å². The van der Waals surface area contributed by atoms with Crippen molar-refractivity contribution in [1.29, 1.82) is 0 Å². The number of halogens is 3. The summed E-state index contributed by atoms with van der Waals surface area (Å²) in [6, 6.07) is 16.7. The van der Waals surface area contributed by atoms with E-state index >= 15 is 0 Å². The van der Waals surface area contributed by atoms with Gasteiger partial charge in [0, 0.05) is 38.5 Å². The minimum absolute atomic E-state index is 0.395. The summed E-state index contributed by atoms with van der Waals surface area (Å²) in [5, 5.41) is 12.7. The second-order valence-corrected chi connectivity index (χ2v) is 7.44. The van der Waals surface area contributed by atoms with Crippen molar-refractivity contribution in [3.8, 4) is 5.75 Å². The lowest BCUT2D eigenvalue weighted by Crippen LogP contribution is -2.46. The SMILES string of the molecule is Cn1ccnc1C(O)(CCNC(=O)/C=C/c1cccc(OCc2ccccc2)c1)C(F)(F)F. The quantitative estimate of drug-likeness (QED) is 0.475. The van der Waals surface area contributed by atoms with E-state index < -0.39 is 36.5 Å². The topological polar surface area (TPSA) is 76.4 Å². The van der Waals surface area contributed by atoms with E-state index in [0.29, 0.717) is 17.9 Å². The molecule has 1 heterocycles. The summed E-state index contributed by atoms with van der Waals surface area (Å²) < 4.78 is 47.4. The third-order valence-electron chi connectivity index (χ3n) is 4.98. The predicted octanol–water partition coefficient (Wildman–Crippen LogP) is 3.97. The summed E-state index contributed by atoms with van der Waals surface area (Å²) in [5.41, 5.74) is -1.47. The number of imidazole rings is 1. The number of nitrogens with zero attached hydrogens (tertiary/aromatic N) is 2. The van der Waals surface area contributed by atoms with Crippen molar-refractivity contribution in [2.45, 2.75) is 24.8 Å². The van der Waals surface area contributed by atoms with Crippen LogP contribution in [-0.4, -0.2) is 33.3 Å². The van der Waals surface area contributed by atoms with Gasteiger partial charge in [0.05, 0.1) is 0 Å². The Morgan fingerprint density at radius 3 is 2.61 bits per heavy atom. The molecule has 0 radical (unpaired) electrons. The maximum atomic E-state index is 13.5. The van der Waals surface area contributed by atoms with Gasteiger partial charge in [0.15, 0.2) is 0 Å². The highest BCUT2D eigenvalue weighted by Crippen LogP contribution is 2.40. The van der Waals surface area contributed by atoms with Crippen LogP contribution < -0.4 is 10.1 Å². The lowest BCUT2D eigenvalue weighted by atomic mass is 9.97. The molecular formula is C24H24F3N3O3. The Hall–Kier alpha value is -3.59. The third kappa shape index (κ3) is 6.23. The average Bonchev–Trinajstić information content (AvgIpc) is 3.23. The highest BCUT2D eigenvalue weighted by atomic mass is 19.4. The molecule has 0 saturated heterocycles. The molecule has 1 aromatic heterocycles. The maximum Gasteiger partial charge on any atom is 0.424 e. The first-order chi connectivity index (χ1) is 15.7. The minimum Gasteiger partial charge on any atom is -0.489 e. The number of ether oxygens (including phenoxy) is 1. The molecule has 0 aliphatic heterocycles. The molecule has 1 amide bonds. The number of nitrogens with one attached hydrogen (secondary N) is 1. The molecule has 0 bridgehead atoms. The molecule has 0 saturated carbocycles. The Morgan fingerprint density at radius 1 is 1.18 bits per heavy atom. The van der Waals surface area contributed by atoms with Crippen molar-refractivity contribution in [2.75, 3.05) is 6.54 Å².